The van der Waals surface area contributed by atoms with Crippen LogP contribution in [0, 0.1) is 0 Å². The van der Waals surface area contributed by atoms with Gasteiger partial charge in [-0.25, -0.2) is 0 Å². The van der Waals surface area contributed by atoms with E-state index in [1.807, 2.05) is 49.4 Å². The largest absolute Gasteiger partial charge is 0.330 e. The van der Waals surface area contributed by atoms with E-state index in [0.29, 0.717) is 0 Å². The van der Waals surface area contributed by atoms with Gasteiger partial charge in [-0.2, -0.15) is 0 Å². The summed E-state index contributed by atoms with van der Waals surface area (Å²) >= 11 is 3.38. The normalized spacial score (nSPS) is 13.5. The van der Waals surface area contributed by atoms with E-state index in [-0.39, 0.29) is 18.0 Å². The number of rotatable bonds is 5. The third-order valence-electron chi connectivity index (χ3n) is 3.43. The van der Waals surface area contributed by atoms with Crippen LogP contribution in [0.3, 0.4) is 0 Å². The molecule has 2 atom stereocenters. The van der Waals surface area contributed by atoms with Gasteiger partial charge in [0.1, 0.15) is 6.04 Å². The van der Waals surface area contributed by atoms with Crippen molar-refractivity contribution < 1.29 is 10.1 Å². The fourth-order valence-corrected chi connectivity index (χ4v) is 2.44. The maximum absolute atomic E-state index is 12.2. The molecule has 4 heteroatoms. The van der Waals surface area contributed by atoms with Crippen molar-refractivity contribution in [1.82, 2.24) is 0 Å². The van der Waals surface area contributed by atoms with Gasteiger partial charge < -0.3 is 10.6 Å². The lowest BCUT2D eigenvalue weighted by Crippen LogP contribution is -2.91. The van der Waals surface area contributed by atoms with Gasteiger partial charge in [0.05, 0.1) is 0 Å². The molecule has 110 valence electrons. The molecule has 0 unspecified atom stereocenters. The average molecular weight is 348 g/mol. The van der Waals surface area contributed by atoms with Crippen LogP contribution in [0.25, 0.3) is 0 Å². The van der Waals surface area contributed by atoms with Gasteiger partial charge in [0.15, 0.2) is 6.04 Å². The second-order valence-corrected chi connectivity index (χ2v) is 6.09. The first kappa shape index (κ1) is 15.7. The Bertz CT molecular complexity index is 583. The van der Waals surface area contributed by atoms with Crippen molar-refractivity contribution in [1.29, 1.82) is 0 Å². The van der Waals surface area contributed by atoms with Crippen molar-refractivity contribution in [3.63, 3.8) is 0 Å². The standard InChI is InChI=1S/C17H19BrN2O/c1-12(14-6-4-3-5-7-14)19-13(2)17(21)20-16-10-8-15(18)9-11-16/h3-13,19H,1-2H3,(H,20,21)/p+1/t12-,13+/m1/s1. The highest BCUT2D eigenvalue weighted by Crippen LogP contribution is 2.14. The predicted molar refractivity (Wildman–Crippen MR) is 89.0 cm³/mol. The second kappa shape index (κ2) is 7.38. The zero-order valence-corrected chi connectivity index (χ0v) is 13.8. The minimum absolute atomic E-state index is 0.0140. The first-order chi connectivity index (χ1) is 10.1. The zero-order chi connectivity index (χ0) is 15.2. The molecule has 0 saturated heterocycles. The number of carbonyl (C=O) groups excluding carboxylic acids is 1. The Kier molecular flexibility index (Phi) is 5.53. The van der Waals surface area contributed by atoms with Crippen molar-refractivity contribution in [2.24, 2.45) is 0 Å². The zero-order valence-electron chi connectivity index (χ0n) is 12.2. The Balaban J connectivity index is 1.92. The number of quaternary nitrogens is 1. The lowest BCUT2D eigenvalue weighted by atomic mass is 10.1. The van der Waals surface area contributed by atoms with Crippen LogP contribution in [0.4, 0.5) is 5.69 Å². The van der Waals surface area contributed by atoms with E-state index in [4.69, 9.17) is 0 Å². The predicted octanol–water partition coefficient (Wildman–Crippen LogP) is 3.10. The molecule has 0 aliphatic carbocycles. The number of halogens is 1. The molecule has 0 aromatic heterocycles. The number of amides is 1. The molecule has 0 bridgehead atoms. The molecule has 2 aromatic rings. The summed E-state index contributed by atoms with van der Waals surface area (Å²) in [7, 11) is 0. The summed E-state index contributed by atoms with van der Waals surface area (Å²) in [5.41, 5.74) is 2.04. The van der Waals surface area contributed by atoms with Gasteiger partial charge in [-0.1, -0.05) is 46.3 Å². The smallest absolute Gasteiger partial charge is 0.282 e. The van der Waals surface area contributed by atoms with Crippen molar-refractivity contribution >= 4 is 27.5 Å². The van der Waals surface area contributed by atoms with Crippen LogP contribution in [-0.4, -0.2) is 11.9 Å². The second-order valence-electron chi connectivity index (χ2n) is 5.18. The van der Waals surface area contributed by atoms with Crippen LogP contribution in [0.1, 0.15) is 25.5 Å². The summed E-state index contributed by atoms with van der Waals surface area (Å²) in [5.74, 6) is 0.0140. The lowest BCUT2D eigenvalue weighted by Gasteiger charge is -2.16. The maximum Gasteiger partial charge on any atom is 0.282 e. The molecule has 3 N–H and O–H groups in total. The number of hydrogen-bond acceptors (Lipinski definition) is 1. The Hall–Kier alpha value is -1.65. The fourth-order valence-electron chi connectivity index (χ4n) is 2.18. The van der Waals surface area contributed by atoms with Crippen molar-refractivity contribution in [3.05, 3.63) is 64.6 Å². The minimum atomic E-state index is -0.149. The Labute approximate surface area is 133 Å². The van der Waals surface area contributed by atoms with Gasteiger partial charge in [-0.15, -0.1) is 0 Å². The van der Waals surface area contributed by atoms with E-state index in [1.165, 1.54) is 5.56 Å². The number of benzene rings is 2. The van der Waals surface area contributed by atoms with Crippen molar-refractivity contribution in [2.75, 3.05) is 5.32 Å². The fraction of sp³-hybridized carbons (Fsp3) is 0.235. The van der Waals surface area contributed by atoms with Crippen LogP contribution < -0.4 is 10.6 Å². The summed E-state index contributed by atoms with van der Waals surface area (Å²) < 4.78 is 0.998. The highest BCUT2D eigenvalue weighted by molar-refractivity contribution is 9.10. The minimum Gasteiger partial charge on any atom is -0.330 e. The number of nitrogens with one attached hydrogen (secondary N) is 1. The number of anilines is 1. The molecular formula is C17H20BrN2O+. The van der Waals surface area contributed by atoms with Crippen LogP contribution in [0.5, 0.6) is 0 Å². The third kappa shape index (κ3) is 4.69. The molecule has 21 heavy (non-hydrogen) atoms. The van der Waals surface area contributed by atoms with Gasteiger partial charge in [0.25, 0.3) is 5.91 Å². The van der Waals surface area contributed by atoms with Gasteiger partial charge in [0, 0.05) is 15.7 Å². The molecule has 3 nitrogen and oxygen atoms in total. The van der Waals surface area contributed by atoms with E-state index in [0.717, 1.165) is 10.2 Å². The molecule has 0 saturated carbocycles. The first-order valence-corrected chi connectivity index (χ1v) is 7.82. The Morgan fingerprint density at radius 1 is 1.05 bits per heavy atom. The highest BCUT2D eigenvalue weighted by atomic mass is 79.9. The quantitative estimate of drug-likeness (QED) is 0.857. The van der Waals surface area contributed by atoms with E-state index in [1.54, 1.807) is 0 Å². The molecule has 2 aromatic carbocycles. The first-order valence-electron chi connectivity index (χ1n) is 7.02. The summed E-state index contributed by atoms with van der Waals surface area (Å²) in [6.45, 7) is 4.03. The topological polar surface area (TPSA) is 45.7 Å². The highest BCUT2D eigenvalue weighted by Gasteiger charge is 2.20. The van der Waals surface area contributed by atoms with Gasteiger partial charge >= 0.3 is 0 Å². The van der Waals surface area contributed by atoms with Crippen LogP contribution in [-0.2, 0) is 4.79 Å². The SMILES string of the molecule is C[C@H]([NH2+][C@H](C)c1ccccc1)C(=O)Nc1ccc(Br)cc1. The molecule has 0 fully saturated rings. The Morgan fingerprint density at radius 3 is 2.29 bits per heavy atom. The van der Waals surface area contributed by atoms with Gasteiger partial charge in [-0.3, -0.25) is 4.79 Å². The van der Waals surface area contributed by atoms with E-state index < -0.39 is 0 Å². The molecule has 2 rings (SSSR count). The van der Waals surface area contributed by atoms with Crippen LogP contribution in [0.2, 0.25) is 0 Å². The molecular weight excluding hydrogens is 328 g/mol. The molecule has 0 heterocycles. The van der Waals surface area contributed by atoms with E-state index in [9.17, 15) is 4.79 Å². The van der Waals surface area contributed by atoms with Gasteiger partial charge in [0.2, 0.25) is 0 Å². The molecule has 0 radical (unpaired) electrons. The summed E-state index contributed by atoms with van der Waals surface area (Å²) in [6, 6.07) is 17.9. The average Bonchev–Trinajstić information content (AvgIpc) is 2.50. The molecule has 1 amide bonds. The monoisotopic (exact) mass is 347 g/mol. The van der Waals surface area contributed by atoms with E-state index >= 15 is 0 Å². The number of carbonyl (C=O) groups is 1. The van der Waals surface area contributed by atoms with Crippen LogP contribution in [0.15, 0.2) is 59.1 Å². The summed E-state index contributed by atoms with van der Waals surface area (Å²) in [5, 5.41) is 5.01. The lowest BCUT2D eigenvalue weighted by molar-refractivity contribution is -0.709. The Morgan fingerprint density at radius 2 is 1.67 bits per heavy atom. The van der Waals surface area contributed by atoms with E-state index in [2.05, 4.69) is 45.6 Å². The molecule has 0 spiro atoms. The summed E-state index contributed by atoms with van der Waals surface area (Å²) in [6.07, 6.45) is 0. The summed E-state index contributed by atoms with van der Waals surface area (Å²) in [4.78, 5) is 12.2. The van der Waals surface area contributed by atoms with Crippen LogP contribution >= 0.6 is 15.9 Å². The molecule has 0 aliphatic rings. The molecule has 0 aliphatic heterocycles. The third-order valence-corrected chi connectivity index (χ3v) is 3.96. The maximum atomic E-state index is 12.2. The van der Waals surface area contributed by atoms with Crippen molar-refractivity contribution in [2.45, 2.75) is 25.9 Å². The number of nitrogens with two attached hydrogens (primary N) is 1. The number of hydrogen-bond donors (Lipinski definition) is 2. The van der Waals surface area contributed by atoms with Crippen molar-refractivity contribution in [3.8, 4) is 0 Å². The van der Waals surface area contributed by atoms with Gasteiger partial charge in [-0.05, 0) is 38.1 Å².